The highest BCUT2D eigenvalue weighted by molar-refractivity contribution is 7.18. The molecule has 1 aromatic carbocycles. The van der Waals surface area contributed by atoms with Crippen molar-refractivity contribution in [1.82, 2.24) is 20.5 Å². The Morgan fingerprint density at radius 2 is 1.97 bits per heavy atom. The molecule has 3 aliphatic heterocycles. The Hall–Kier alpha value is -2.75. The Labute approximate surface area is 219 Å². The normalized spacial score (nSPS) is 21.8. The Morgan fingerprint density at radius 3 is 2.72 bits per heavy atom. The van der Waals surface area contributed by atoms with Gasteiger partial charge in [0.25, 0.3) is 5.91 Å². The van der Waals surface area contributed by atoms with Crippen LogP contribution < -0.4 is 15.5 Å². The van der Waals surface area contributed by atoms with Gasteiger partial charge >= 0.3 is 0 Å². The fourth-order valence-electron chi connectivity index (χ4n) is 5.47. The SMILES string of the molecule is CC(=O)NCc1ccc(-c2cnc(C3CN(C(=O)c4ccc(N5CCC6(CCCN6)C5)s4)C3)s2)cc1. The van der Waals surface area contributed by atoms with Crippen molar-refractivity contribution in [3.05, 3.63) is 58.0 Å². The molecule has 5 heterocycles. The first kappa shape index (κ1) is 23.6. The molecule has 9 heteroatoms. The molecular formula is C27H31N5O2S2. The smallest absolute Gasteiger partial charge is 0.264 e. The zero-order valence-corrected chi connectivity index (χ0v) is 22.1. The molecule has 36 heavy (non-hydrogen) atoms. The highest BCUT2D eigenvalue weighted by atomic mass is 32.1. The number of benzene rings is 1. The molecule has 1 spiro atoms. The minimum atomic E-state index is -0.0277. The lowest BCUT2D eigenvalue weighted by Gasteiger charge is -2.37. The Balaban J connectivity index is 1.03. The second-order valence-corrected chi connectivity index (χ2v) is 12.3. The van der Waals surface area contributed by atoms with Gasteiger partial charge < -0.3 is 20.4 Å². The maximum atomic E-state index is 13.1. The standard InChI is InChI=1S/C27H31N5O2S2/c1-18(33)28-13-19-3-5-20(6-4-19)23-14-29-25(36-23)21-15-32(16-21)26(34)22-7-8-24(35-22)31-12-10-27(17-31)9-2-11-30-27/h3-8,14,21,30H,2,9-13,15-17H2,1H3,(H,28,33). The predicted octanol–water partition coefficient (Wildman–Crippen LogP) is 4.08. The lowest BCUT2D eigenvalue weighted by molar-refractivity contribution is -0.119. The number of aromatic nitrogens is 1. The number of nitrogens with zero attached hydrogens (tertiary/aromatic N) is 3. The number of carbonyl (C=O) groups excluding carboxylic acids is 2. The molecule has 3 saturated heterocycles. The van der Waals surface area contributed by atoms with Crippen molar-refractivity contribution in [2.75, 3.05) is 37.6 Å². The Morgan fingerprint density at radius 1 is 1.14 bits per heavy atom. The van der Waals surface area contributed by atoms with Crippen molar-refractivity contribution in [1.29, 1.82) is 0 Å². The minimum absolute atomic E-state index is 0.0277. The van der Waals surface area contributed by atoms with Gasteiger partial charge in [-0.25, -0.2) is 4.98 Å². The fourth-order valence-corrected chi connectivity index (χ4v) is 7.47. The lowest BCUT2D eigenvalue weighted by Crippen LogP contribution is -2.48. The molecule has 3 aliphatic rings. The molecule has 3 aromatic rings. The van der Waals surface area contributed by atoms with E-state index in [1.54, 1.807) is 22.7 Å². The van der Waals surface area contributed by atoms with Gasteiger partial charge in [-0.15, -0.1) is 22.7 Å². The monoisotopic (exact) mass is 521 g/mol. The zero-order chi connectivity index (χ0) is 24.7. The largest absolute Gasteiger partial charge is 0.362 e. The number of hydrogen-bond donors (Lipinski definition) is 2. The topological polar surface area (TPSA) is 77.6 Å². The summed E-state index contributed by atoms with van der Waals surface area (Å²) in [5.74, 6) is 0.417. The van der Waals surface area contributed by atoms with E-state index >= 15 is 0 Å². The fraction of sp³-hybridized carbons (Fsp3) is 0.444. The molecule has 6 rings (SSSR count). The third kappa shape index (κ3) is 4.67. The first-order valence-corrected chi connectivity index (χ1v) is 14.3. The molecule has 0 saturated carbocycles. The molecule has 7 nitrogen and oxygen atoms in total. The first-order valence-electron chi connectivity index (χ1n) is 12.7. The third-order valence-corrected chi connectivity index (χ3v) is 9.96. The van der Waals surface area contributed by atoms with Crippen LogP contribution in [0.5, 0.6) is 0 Å². The van der Waals surface area contributed by atoms with Gasteiger partial charge in [0.15, 0.2) is 0 Å². The van der Waals surface area contributed by atoms with Crippen LogP contribution in [-0.2, 0) is 11.3 Å². The van der Waals surface area contributed by atoms with Crippen LogP contribution in [0.25, 0.3) is 10.4 Å². The van der Waals surface area contributed by atoms with Crippen LogP contribution in [0, 0.1) is 0 Å². The highest BCUT2D eigenvalue weighted by Crippen LogP contribution is 2.38. The molecule has 0 radical (unpaired) electrons. The number of thiazole rings is 1. The van der Waals surface area contributed by atoms with Crippen LogP contribution in [0.4, 0.5) is 5.00 Å². The van der Waals surface area contributed by atoms with E-state index in [2.05, 4.69) is 38.7 Å². The number of carbonyl (C=O) groups is 2. The summed E-state index contributed by atoms with van der Waals surface area (Å²) in [5, 5.41) is 8.84. The number of thiophene rings is 1. The zero-order valence-electron chi connectivity index (χ0n) is 20.5. The van der Waals surface area contributed by atoms with E-state index in [-0.39, 0.29) is 11.8 Å². The van der Waals surface area contributed by atoms with Crippen LogP contribution in [-0.4, -0.2) is 60.0 Å². The van der Waals surface area contributed by atoms with E-state index in [0.29, 0.717) is 18.0 Å². The quantitative estimate of drug-likeness (QED) is 0.511. The van der Waals surface area contributed by atoms with Gasteiger partial charge in [0.1, 0.15) is 0 Å². The summed E-state index contributed by atoms with van der Waals surface area (Å²) >= 11 is 3.34. The second-order valence-electron chi connectivity index (χ2n) is 10.2. The number of amides is 2. The van der Waals surface area contributed by atoms with Gasteiger partial charge in [0, 0.05) is 57.3 Å². The number of likely N-dealkylation sites (tertiary alicyclic amines) is 1. The van der Waals surface area contributed by atoms with E-state index < -0.39 is 0 Å². The molecule has 3 fully saturated rings. The molecule has 2 N–H and O–H groups in total. The molecule has 188 valence electrons. The van der Waals surface area contributed by atoms with Crippen molar-refractivity contribution in [3.63, 3.8) is 0 Å². The van der Waals surface area contributed by atoms with Gasteiger partial charge in [-0.1, -0.05) is 24.3 Å². The third-order valence-electron chi connectivity index (χ3n) is 7.62. The summed E-state index contributed by atoms with van der Waals surface area (Å²) in [6, 6.07) is 12.3. The van der Waals surface area contributed by atoms with Crippen LogP contribution in [0.1, 0.15) is 52.3 Å². The van der Waals surface area contributed by atoms with E-state index in [9.17, 15) is 9.59 Å². The second kappa shape index (κ2) is 9.61. The summed E-state index contributed by atoms with van der Waals surface area (Å²) in [6.45, 7) is 6.77. The van der Waals surface area contributed by atoms with E-state index in [4.69, 9.17) is 0 Å². The van der Waals surface area contributed by atoms with Crippen molar-refractivity contribution in [2.24, 2.45) is 0 Å². The average Bonchev–Trinajstić information content (AvgIpc) is 3.65. The van der Waals surface area contributed by atoms with Crippen molar-refractivity contribution < 1.29 is 9.59 Å². The number of anilines is 1. The van der Waals surface area contributed by atoms with Gasteiger partial charge in [-0.05, 0) is 49.1 Å². The predicted molar refractivity (Wildman–Crippen MR) is 145 cm³/mol. The van der Waals surface area contributed by atoms with E-state index in [1.165, 1.54) is 31.2 Å². The van der Waals surface area contributed by atoms with Crippen LogP contribution in [0.2, 0.25) is 0 Å². The molecular weight excluding hydrogens is 490 g/mol. The average molecular weight is 522 g/mol. The van der Waals surface area contributed by atoms with Crippen LogP contribution >= 0.6 is 22.7 Å². The highest BCUT2D eigenvalue weighted by Gasteiger charge is 2.41. The van der Waals surface area contributed by atoms with Crippen molar-refractivity contribution in [2.45, 2.75) is 44.2 Å². The van der Waals surface area contributed by atoms with Crippen molar-refractivity contribution in [3.8, 4) is 10.4 Å². The van der Waals surface area contributed by atoms with Crippen LogP contribution in [0.3, 0.4) is 0 Å². The first-order chi connectivity index (χ1) is 17.5. The number of hydrogen-bond acceptors (Lipinski definition) is 7. The Bertz CT molecular complexity index is 1260. The lowest BCUT2D eigenvalue weighted by atomic mass is 9.97. The summed E-state index contributed by atoms with van der Waals surface area (Å²) in [6.07, 6.45) is 5.66. The molecule has 0 bridgehead atoms. The molecule has 2 aromatic heterocycles. The molecule has 0 aliphatic carbocycles. The maximum absolute atomic E-state index is 13.1. The summed E-state index contributed by atoms with van der Waals surface area (Å²) in [5.41, 5.74) is 2.49. The van der Waals surface area contributed by atoms with Crippen LogP contribution in [0.15, 0.2) is 42.6 Å². The van der Waals surface area contributed by atoms with Gasteiger partial charge in [-0.3, -0.25) is 9.59 Å². The number of rotatable bonds is 6. The van der Waals surface area contributed by atoms with E-state index in [1.807, 2.05) is 29.3 Å². The van der Waals surface area contributed by atoms with Crippen molar-refractivity contribution >= 4 is 39.5 Å². The maximum Gasteiger partial charge on any atom is 0.264 e. The Kier molecular flexibility index (Phi) is 6.31. The molecule has 1 atom stereocenters. The summed E-state index contributed by atoms with van der Waals surface area (Å²) < 4.78 is 0. The van der Waals surface area contributed by atoms with Gasteiger partial charge in [0.2, 0.25) is 5.91 Å². The van der Waals surface area contributed by atoms with Gasteiger partial charge in [-0.2, -0.15) is 0 Å². The minimum Gasteiger partial charge on any atom is -0.362 e. The van der Waals surface area contributed by atoms with E-state index in [0.717, 1.165) is 58.6 Å². The number of nitrogens with one attached hydrogen (secondary N) is 2. The summed E-state index contributed by atoms with van der Waals surface area (Å²) in [4.78, 5) is 35.2. The molecule has 2 amide bonds. The molecule has 1 unspecified atom stereocenters. The van der Waals surface area contributed by atoms with Gasteiger partial charge in [0.05, 0.1) is 19.8 Å². The summed E-state index contributed by atoms with van der Waals surface area (Å²) in [7, 11) is 0.